The Bertz CT molecular complexity index is 742. The topological polar surface area (TPSA) is 84.3 Å². The van der Waals surface area contributed by atoms with Crippen LogP contribution in [0.4, 0.5) is 5.82 Å². The first-order valence-corrected chi connectivity index (χ1v) is 9.27. The maximum atomic E-state index is 11.3. The van der Waals surface area contributed by atoms with E-state index in [0.29, 0.717) is 29.7 Å². The van der Waals surface area contributed by atoms with E-state index in [4.69, 9.17) is 4.74 Å². The summed E-state index contributed by atoms with van der Waals surface area (Å²) in [5, 5.41) is 12.6. The van der Waals surface area contributed by atoms with Crippen molar-refractivity contribution in [2.45, 2.75) is 58.7 Å². The van der Waals surface area contributed by atoms with Gasteiger partial charge in [-0.05, 0) is 46.5 Å². The summed E-state index contributed by atoms with van der Waals surface area (Å²) >= 11 is 0. The van der Waals surface area contributed by atoms with E-state index in [1.54, 1.807) is 13.8 Å². The number of carboxylic acids is 1. The van der Waals surface area contributed by atoms with Gasteiger partial charge < -0.3 is 15.2 Å². The zero-order valence-corrected chi connectivity index (χ0v) is 15.7. The number of nitrogens with one attached hydrogen (secondary N) is 1. The molecular weight excluding hydrogens is 330 g/mol. The lowest BCUT2D eigenvalue weighted by atomic mass is 9.87. The molecule has 0 aromatic carbocycles. The van der Waals surface area contributed by atoms with Crippen LogP contribution in [-0.2, 0) is 4.74 Å². The van der Waals surface area contributed by atoms with Gasteiger partial charge in [0.2, 0.25) is 0 Å². The Morgan fingerprint density at radius 3 is 2.85 bits per heavy atom. The van der Waals surface area contributed by atoms with Crippen LogP contribution in [0.25, 0.3) is 0 Å². The van der Waals surface area contributed by atoms with Crippen LogP contribution in [0.1, 0.15) is 54.5 Å². The van der Waals surface area contributed by atoms with Gasteiger partial charge in [-0.3, -0.25) is 0 Å². The monoisotopic (exact) mass is 357 g/mol. The predicted octanol–water partition coefficient (Wildman–Crippen LogP) is 3.66. The average Bonchev–Trinajstić information content (AvgIpc) is 2.62. The van der Waals surface area contributed by atoms with Crippen molar-refractivity contribution in [2.24, 2.45) is 5.92 Å². The van der Waals surface area contributed by atoms with Crippen molar-refractivity contribution in [3.8, 4) is 0 Å². The van der Waals surface area contributed by atoms with E-state index >= 15 is 0 Å². The normalized spacial score (nSPS) is 25.7. The van der Waals surface area contributed by atoms with Crippen molar-refractivity contribution in [3.63, 3.8) is 0 Å². The zero-order chi connectivity index (χ0) is 18.7. The van der Waals surface area contributed by atoms with Crippen LogP contribution in [0, 0.1) is 19.8 Å². The second-order valence-corrected chi connectivity index (χ2v) is 7.22. The minimum Gasteiger partial charge on any atom is -0.476 e. The molecule has 1 unspecified atom stereocenters. The molecule has 2 aliphatic rings. The van der Waals surface area contributed by atoms with Gasteiger partial charge in [0, 0.05) is 18.0 Å². The number of aromatic nitrogens is 2. The van der Waals surface area contributed by atoms with Crippen molar-refractivity contribution in [3.05, 3.63) is 40.9 Å². The summed E-state index contributed by atoms with van der Waals surface area (Å²) in [6, 6.07) is 0. The molecule has 26 heavy (non-hydrogen) atoms. The number of carbonyl (C=O) groups is 1. The number of anilines is 1. The van der Waals surface area contributed by atoms with Crippen LogP contribution in [0.2, 0.25) is 0 Å². The lowest BCUT2D eigenvalue weighted by molar-refractivity contribution is -0.0616. The van der Waals surface area contributed by atoms with Crippen LogP contribution < -0.4 is 5.32 Å². The molecule has 1 aliphatic carbocycles. The SMILES string of the molecule is CC1=CC([C@@H]2CCC[C@H](CNc3nc(C)nc(C(=O)O)c3C)O2)CC=C1. The third-order valence-corrected chi connectivity index (χ3v) is 5.08. The van der Waals surface area contributed by atoms with Gasteiger partial charge in [0.25, 0.3) is 0 Å². The molecule has 3 atom stereocenters. The Hall–Kier alpha value is -2.21. The fraction of sp³-hybridized carbons (Fsp3) is 0.550. The van der Waals surface area contributed by atoms with E-state index in [0.717, 1.165) is 25.7 Å². The molecule has 1 aromatic rings. The Labute approximate surface area is 154 Å². The van der Waals surface area contributed by atoms with E-state index in [-0.39, 0.29) is 17.9 Å². The maximum Gasteiger partial charge on any atom is 0.354 e. The third-order valence-electron chi connectivity index (χ3n) is 5.08. The summed E-state index contributed by atoms with van der Waals surface area (Å²) in [6.07, 6.45) is 11.3. The smallest absolute Gasteiger partial charge is 0.354 e. The Morgan fingerprint density at radius 2 is 2.12 bits per heavy atom. The first-order valence-electron chi connectivity index (χ1n) is 9.27. The molecule has 6 nitrogen and oxygen atoms in total. The molecule has 1 saturated heterocycles. The highest BCUT2D eigenvalue weighted by atomic mass is 16.5. The molecule has 0 spiro atoms. The van der Waals surface area contributed by atoms with Crippen molar-refractivity contribution < 1.29 is 14.6 Å². The van der Waals surface area contributed by atoms with Gasteiger partial charge in [-0.15, -0.1) is 0 Å². The molecule has 0 saturated carbocycles. The number of rotatable bonds is 5. The van der Waals surface area contributed by atoms with E-state index in [2.05, 4.69) is 40.4 Å². The molecule has 1 aliphatic heterocycles. The van der Waals surface area contributed by atoms with Crippen molar-refractivity contribution in [1.29, 1.82) is 0 Å². The molecule has 1 fully saturated rings. The van der Waals surface area contributed by atoms with Crippen LogP contribution in [0.15, 0.2) is 23.8 Å². The highest BCUT2D eigenvalue weighted by molar-refractivity contribution is 5.88. The number of aromatic carboxylic acids is 1. The van der Waals surface area contributed by atoms with E-state index in [1.165, 1.54) is 5.57 Å². The quantitative estimate of drug-likeness (QED) is 0.836. The summed E-state index contributed by atoms with van der Waals surface area (Å²) in [7, 11) is 0. The van der Waals surface area contributed by atoms with E-state index in [1.807, 2.05) is 0 Å². The number of aryl methyl sites for hydroxylation is 1. The fourth-order valence-electron chi connectivity index (χ4n) is 3.75. The molecule has 140 valence electrons. The number of ether oxygens (including phenoxy) is 1. The van der Waals surface area contributed by atoms with Gasteiger partial charge in [-0.25, -0.2) is 14.8 Å². The lowest BCUT2D eigenvalue weighted by Crippen LogP contribution is -2.36. The van der Waals surface area contributed by atoms with Gasteiger partial charge >= 0.3 is 5.97 Å². The Kier molecular flexibility index (Phi) is 5.71. The Morgan fingerprint density at radius 1 is 1.31 bits per heavy atom. The Balaban J connectivity index is 1.63. The summed E-state index contributed by atoms with van der Waals surface area (Å²) in [5.41, 5.74) is 1.92. The fourth-order valence-corrected chi connectivity index (χ4v) is 3.75. The number of nitrogens with zero attached hydrogens (tertiary/aromatic N) is 2. The molecule has 6 heteroatoms. The second-order valence-electron chi connectivity index (χ2n) is 7.22. The number of carboxylic acid groups (broad SMARTS) is 1. The standard InChI is InChI=1S/C20H27N3O3/c1-12-6-4-7-15(10-12)17-9-5-8-16(26-17)11-21-19-13(2)18(20(24)25)22-14(3)23-19/h4,6,10,15-17H,5,7-9,11H2,1-3H3,(H,24,25)(H,21,22,23)/t15?,16-,17+/m1/s1. The molecular formula is C20H27N3O3. The molecule has 0 amide bonds. The van der Waals surface area contributed by atoms with Gasteiger partial charge in [0.15, 0.2) is 5.69 Å². The van der Waals surface area contributed by atoms with Crippen LogP contribution in [-0.4, -0.2) is 39.8 Å². The molecule has 1 aromatic heterocycles. The van der Waals surface area contributed by atoms with Crippen molar-refractivity contribution >= 4 is 11.8 Å². The summed E-state index contributed by atoms with van der Waals surface area (Å²) in [5.74, 6) is 0.450. The van der Waals surface area contributed by atoms with Crippen LogP contribution in [0.5, 0.6) is 0 Å². The summed E-state index contributed by atoms with van der Waals surface area (Å²) in [6.45, 7) is 6.19. The zero-order valence-electron chi connectivity index (χ0n) is 15.7. The lowest BCUT2D eigenvalue weighted by Gasteiger charge is -2.35. The second kappa shape index (κ2) is 7.99. The first kappa shape index (κ1) is 18.6. The van der Waals surface area contributed by atoms with Crippen molar-refractivity contribution in [1.82, 2.24) is 9.97 Å². The van der Waals surface area contributed by atoms with Gasteiger partial charge in [0.1, 0.15) is 11.6 Å². The minimum atomic E-state index is -1.03. The summed E-state index contributed by atoms with van der Waals surface area (Å²) < 4.78 is 6.34. The van der Waals surface area contributed by atoms with Crippen LogP contribution in [0.3, 0.4) is 0 Å². The molecule has 3 rings (SSSR count). The highest BCUT2D eigenvalue weighted by Crippen LogP contribution is 2.30. The predicted molar refractivity (Wildman–Crippen MR) is 100 cm³/mol. The highest BCUT2D eigenvalue weighted by Gasteiger charge is 2.28. The molecule has 0 bridgehead atoms. The molecule has 2 heterocycles. The average molecular weight is 357 g/mol. The largest absolute Gasteiger partial charge is 0.476 e. The third kappa shape index (κ3) is 4.30. The number of hydrogen-bond donors (Lipinski definition) is 2. The van der Waals surface area contributed by atoms with Gasteiger partial charge in [-0.2, -0.15) is 0 Å². The number of hydrogen-bond acceptors (Lipinski definition) is 5. The van der Waals surface area contributed by atoms with E-state index < -0.39 is 5.97 Å². The minimum absolute atomic E-state index is 0.0528. The van der Waals surface area contributed by atoms with Gasteiger partial charge in [-0.1, -0.05) is 23.8 Å². The first-order chi connectivity index (χ1) is 12.4. The molecule has 0 radical (unpaired) electrons. The summed E-state index contributed by atoms with van der Waals surface area (Å²) in [4.78, 5) is 19.7. The van der Waals surface area contributed by atoms with Crippen LogP contribution >= 0.6 is 0 Å². The molecule has 2 N–H and O–H groups in total. The van der Waals surface area contributed by atoms with E-state index in [9.17, 15) is 9.90 Å². The maximum absolute atomic E-state index is 11.3. The van der Waals surface area contributed by atoms with Crippen molar-refractivity contribution in [2.75, 3.05) is 11.9 Å². The van der Waals surface area contributed by atoms with Gasteiger partial charge in [0.05, 0.1) is 12.2 Å². The number of allylic oxidation sites excluding steroid dienone is 3.